The summed E-state index contributed by atoms with van der Waals surface area (Å²) in [6.07, 6.45) is -1.08. The van der Waals surface area contributed by atoms with Gasteiger partial charge in [-0.05, 0) is 35.7 Å². The Morgan fingerprint density at radius 3 is 2.34 bits per heavy atom. The zero-order valence-corrected chi connectivity index (χ0v) is 19.6. The van der Waals surface area contributed by atoms with Crippen molar-refractivity contribution in [3.8, 4) is 5.75 Å². The summed E-state index contributed by atoms with van der Waals surface area (Å²) in [5.41, 5.74) is 1.42. The van der Waals surface area contributed by atoms with E-state index < -0.39 is 29.9 Å². The number of phenolic OH excluding ortho intramolecular Hbond substituents is 1. The molecule has 6 nitrogen and oxygen atoms in total. The first-order chi connectivity index (χ1) is 17.0. The highest BCUT2D eigenvalue weighted by Crippen LogP contribution is 2.51. The molecule has 2 amide bonds. The summed E-state index contributed by atoms with van der Waals surface area (Å²) < 4.78 is 0. The molecule has 0 bridgehead atoms. The number of rotatable bonds is 3. The van der Waals surface area contributed by atoms with Gasteiger partial charge in [-0.3, -0.25) is 14.4 Å². The van der Waals surface area contributed by atoms with Crippen LogP contribution in [0.1, 0.15) is 11.6 Å². The molecule has 174 valence electrons. The number of phenols is 1. The zero-order chi connectivity index (χ0) is 24.3. The second-order valence-corrected chi connectivity index (χ2v) is 9.34. The molecule has 3 atom stereocenters. The minimum absolute atomic E-state index is 0.0478. The average molecular weight is 505 g/mol. The van der Waals surface area contributed by atoms with Gasteiger partial charge in [-0.1, -0.05) is 77.8 Å². The molecule has 2 heterocycles. The van der Waals surface area contributed by atoms with Crippen molar-refractivity contribution < 1.29 is 19.5 Å². The lowest BCUT2D eigenvalue weighted by Crippen LogP contribution is -2.37. The van der Waals surface area contributed by atoms with Crippen molar-refractivity contribution in [2.24, 2.45) is 5.92 Å². The SMILES string of the molecule is O=C1[C@@H]2[C@@H](c3cc(Cl)cc(Cl)c3O)N(c3ccccc3)O[C@H]2C(=O)N1c1cccc2ccccc12. The second kappa shape index (κ2) is 8.27. The van der Waals surface area contributed by atoms with Gasteiger partial charge in [0.15, 0.2) is 6.10 Å². The minimum Gasteiger partial charge on any atom is -0.506 e. The number of imide groups is 1. The molecule has 4 aromatic carbocycles. The number of anilines is 2. The Kier molecular flexibility index (Phi) is 5.18. The summed E-state index contributed by atoms with van der Waals surface area (Å²) in [7, 11) is 0. The largest absolute Gasteiger partial charge is 0.506 e. The fourth-order valence-electron chi connectivity index (χ4n) is 4.98. The third kappa shape index (κ3) is 3.37. The van der Waals surface area contributed by atoms with Crippen molar-refractivity contribution in [2.45, 2.75) is 12.1 Å². The van der Waals surface area contributed by atoms with E-state index in [-0.39, 0.29) is 10.8 Å². The topological polar surface area (TPSA) is 70.1 Å². The normalized spacial score (nSPS) is 21.7. The van der Waals surface area contributed by atoms with Gasteiger partial charge in [-0.2, -0.15) is 0 Å². The average Bonchev–Trinajstić information content (AvgIpc) is 3.37. The van der Waals surface area contributed by atoms with Gasteiger partial charge in [0.1, 0.15) is 11.7 Å². The smallest absolute Gasteiger partial charge is 0.266 e. The highest BCUT2D eigenvalue weighted by molar-refractivity contribution is 6.35. The number of hydrogen-bond donors (Lipinski definition) is 1. The number of nitrogens with zero attached hydrogens (tertiary/aromatic N) is 2. The van der Waals surface area contributed by atoms with Gasteiger partial charge in [-0.25, -0.2) is 9.96 Å². The molecule has 8 heteroatoms. The Hall–Kier alpha value is -3.58. The van der Waals surface area contributed by atoms with Gasteiger partial charge in [-0.15, -0.1) is 0 Å². The molecule has 2 saturated heterocycles. The number of amides is 2. The molecule has 4 aromatic rings. The van der Waals surface area contributed by atoms with Crippen LogP contribution in [-0.4, -0.2) is 23.0 Å². The van der Waals surface area contributed by atoms with Gasteiger partial charge in [0.05, 0.1) is 22.4 Å². The van der Waals surface area contributed by atoms with E-state index in [1.54, 1.807) is 24.3 Å². The highest BCUT2D eigenvalue weighted by Gasteiger charge is 2.61. The van der Waals surface area contributed by atoms with Crippen LogP contribution >= 0.6 is 23.2 Å². The number of halogens is 2. The van der Waals surface area contributed by atoms with E-state index in [0.29, 0.717) is 22.0 Å². The predicted octanol–water partition coefficient (Wildman–Crippen LogP) is 5.90. The Labute approximate surface area is 210 Å². The standard InChI is InChI=1S/C27H18Cl2N2O4/c28-16-13-19(24(32)20(29)14-16)23-22-25(35-31(23)17-9-2-1-3-10-17)27(34)30(26(22)33)21-12-6-8-15-7-4-5-11-18(15)21/h1-14,22-23,25,32H/t22-,23-,25-/m1/s1. The van der Waals surface area contributed by atoms with E-state index >= 15 is 0 Å². The van der Waals surface area contributed by atoms with E-state index in [4.69, 9.17) is 28.0 Å². The van der Waals surface area contributed by atoms with Gasteiger partial charge >= 0.3 is 0 Å². The third-order valence-electron chi connectivity index (χ3n) is 6.51. The van der Waals surface area contributed by atoms with Crippen molar-refractivity contribution in [3.63, 3.8) is 0 Å². The number of fused-ring (bicyclic) bond motifs is 2. The number of benzene rings is 4. The molecule has 1 N–H and O–H groups in total. The fraction of sp³-hybridized carbons (Fsp3) is 0.111. The number of aromatic hydroxyl groups is 1. The van der Waals surface area contributed by atoms with E-state index in [1.165, 1.54) is 16.0 Å². The predicted molar refractivity (Wildman–Crippen MR) is 135 cm³/mol. The van der Waals surface area contributed by atoms with Crippen LogP contribution in [0.3, 0.4) is 0 Å². The lowest BCUT2D eigenvalue weighted by Gasteiger charge is -2.29. The Bertz CT molecular complexity index is 1490. The van der Waals surface area contributed by atoms with Crippen molar-refractivity contribution in [3.05, 3.63) is 101 Å². The third-order valence-corrected chi connectivity index (χ3v) is 7.02. The number of carbonyl (C=O) groups excluding carboxylic acids is 2. The minimum atomic E-state index is -1.08. The summed E-state index contributed by atoms with van der Waals surface area (Å²) in [6, 6.07) is 24.3. The van der Waals surface area contributed by atoms with Crippen LogP contribution in [0.25, 0.3) is 10.8 Å². The number of para-hydroxylation sites is 1. The highest BCUT2D eigenvalue weighted by atomic mass is 35.5. The van der Waals surface area contributed by atoms with Crippen LogP contribution < -0.4 is 9.96 Å². The summed E-state index contributed by atoms with van der Waals surface area (Å²) in [6.45, 7) is 0. The van der Waals surface area contributed by atoms with E-state index in [2.05, 4.69) is 0 Å². The molecule has 2 fully saturated rings. The van der Waals surface area contributed by atoms with Crippen LogP contribution in [0.2, 0.25) is 10.0 Å². The van der Waals surface area contributed by atoms with E-state index in [9.17, 15) is 14.7 Å². The van der Waals surface area contributed by atoms with Gasteiger partial charge in [0.25, 0.3) is 5.91 Å². The van der Waals surface area contributed by atoms with E-state index in [0.717, 1.165) is 10.8 Å². The number of hydroxylamine groups is 1. The molecule has 0 unspecified atom stereocenters. The van der Waals surface area contributed by atoms with Crippen LogP contribution in [0.4, 0.5) is 11.4 Å². The summed E-state index contributed by atoms with van der Waals surface area (Å²) in [4.78, 5) is 34.9. The van der Waals surface area contributed by atoms with Crippen LogP contribution in [-0.2, 0) is 14.4 Å². The van der Waals surface area contributed by atoms with Crippen molar-refractivity contribution >= 4 is 57.2 Å². The molecule has 0 spiro atoms. The molecule has 35 heavy (non-hydrogen) atoms. The molecule has 0 radical (unpaired) electrons. The molecule has 2 aliphatic rings. The van der Waals surface area contributed by atoms with Gasteiger partial charge in [0, 0.05) is 16.0 Å². The van der Waals surface area contributed by atoms with Crippen molar-refractivity contribution in [1.29, 1.82) is 0 Å². The number of carbonyl (C=O) groups is 2. The second-order valence-electron chi connectivity index (χ2n) is 8.49. The van der Waals surface area contributed by atoms with Crippen molar-refractivity contribution in [1.82, 2.24) is 0 Å². The lowest BCUT2D eigenvalue weighted by atomic mass is 9.90. The van der Waals surface area contributed by atoms with Gasteiger partial charge < -0.3 is 5.11 Å². The summed E-state index contributed by atoms with van der Waals surface area (Å²) >= 11 is 12.5. The van der Waals surface area contributed by atoms with Crippen LogP contribution in [0.15, 0.2) is 84.9 Å². The first-order valence-electron chi connectivity index (χ1n) is 11.0. The van der Waals surface area contributed by atoms with Crippen molar-refractivity contribution in [2.75, 3.05) is 9.96 Å². The summed E-state index contributed by atoms with van der Waals surface area (Å²) in [5, 5.41) is 14.4. The zero-order valence-electron chi connectivity index (χ0n) is 18.1. The fourth-order valence-corrected chi connectivity index (χ4v) is 5.49. The first-order valence-corrected chi connectivity index (χ1v) is 11.8. The molecule has 6 rings (SSSR count). The van der Waals surface area contributed by atoms with Crippen LogP contribution in [0.5, 0.6) is 5.75 Å². The number of hydrogen-bond acceptors (Lipinski definition) is 5. The van der Waals surface area contributed by atoms with Gasteiger partial charge in [0.2, 0.25) is 5.91 Å². The maximum Gasteiger partial charge on any atom is 0.266 e. The quantitative estimate of drug-likeness (QED) is 0.351. The Balaban J connectivity index is 1.51. The maximum absolute atomic E-state index is 13.9. The van der Waals surface area contributed by atoms with Crippen LogP contribution in [0, 0.1) is 5.92 Å². The first kappa shape index (κ1) is 21.9. The molecule has 2 aliphatic heterocycles. The Morgan fingerprint density at radius 1 is 0.829 bits per heavy atom. The maximum atomic E-state index is 13.9. The summed E-state index contributed by atoms with van der Waals surface area (Å²) in [5.74, 6) is -2.03. The molecule has 0 aromatic heterocycles. The van der Waals surface area contributed by atoms with E-state index in [1.807, 2.05) is 54.6 Å². The monoisotopic (exact) mass is 504 g/mol. The molecule has 0 aliphatic carbocycles. The molecular formula is C27H18Cl2N2O4. The Morgan fingerprint density at radius 2 is 1.54 bits per heavy atom. The molecular weight excluding hydrogens is 487 g/mol. The molecule has 0 saturated carbocycles. The lowest BCUT2D eigenvalue weighted by molar-refractivity contribution is -0.126.